The van der Waals surface area contributed by atoms with E-state index in [1.54, 1.807) is 0 Å². The molecule has 1 saturated heterocycles. The molecule has 0 saturated carbocycles. The average molecular weight is 273 g/mol. The number of aliphatic hydroxyl groups excluding tert-OH is 1. The molecule has 1 aliphatic rings. The van der Waals surface area contributed by atoms with Crippen molar-refractivity contribution in [2.24, 2.45) is 0 Å². The van der Waals surface area contributed by atoms with E-state index in [1.165, 1.54) is 25.9 Å². The minimum Gasteiger partial charge on any atom is -0.493 e. The van der Waals surface area contributed by atoms with Crippen molar-refractivity contribution in [3.63, 3.8) is 0 Å². The molecule has 0 radical (unpaired) electrons. The topological polar surface area (TPSA) is 32.7 Å². The Kier molecular flexibility index (Phi) is 5.91. The number of hydrogen-bond acceptors (Lipinski definition) is 3. The van der Waals surface area contributed by atoms with Gasteiger partial charge in [-0.25, -0.2) is 0 Å². The molecule has 0 aliphatic carbocycles. The second-order valence-electron chi connectivity index (χ2n) is 5.19. The molecule has 1 aromatic carbocycles. The van der Waals surface area contributed by atoms with E-state index < -0.39 is 0 Å². The van der Waals surface area contributed by atoms with Crippen molar-refractivity contribution in [2.75, 3.05) is 32.8 Å². The number of aryl methyl sites for hydroxylation is 1. The molecule has 0 atom stereocenters. The van der Waals surface area contributed by atoms with E-state index >= 15 is 0 Å². The van der Waals surface area contributed by atoms with Gasteiger partial charge in [-0.05, 0) is 63.0 Å². The van der Waals surface area contributed by atoms with Gasteiger partial charge in [-0.1, -0.05) is 11.8 Å². The molecular formula is C17H23NO2. The maximum Gasteiger partial charge on any atom is 0.122 e. The van der Waals surface area contributed by atoms with Gasteiger partial charge in [0.25, 0.3) is 0 Å². The third kappa shape index (κ3) is 4.56. The first-order valence-electron chi connectivity index (χ1n) is 7.35. The lowest BCUT2D eigenvalue weighted by atomic mass is 10.1. The standard InChI is InChI=1S/C17H23NO2/c1-15-14-16(6-4-12-19)7-8-17(15)20-13-5-11-18-9-2-3-10-18/h7-8,14,19H,2-3,5,9-13H2,1H3. The van der Waals surface area contributed by atoms with Gasteiger partial charge in [0.2, 0.25) is 0 Å². The molecule has 0 aromatic heterocycles. The molecule has 1 N–H and O–H groups in total. The number of rotatable bonds is 5. The van der Waals surface area contributed by atoms with E-state index in [0.717, 1.165) is 36.4 Å². The molecule has 0 spiro atoms. The summed E-state index contributed by atoms with van der Waals surface area (Å²) in [6.07, 6.45) is 3.76. The minimum absolute atomic E-state index is 0.103. The van der Waals surface area contributed by atoms with Gasteiger partial charge in [-0.15, -0.1) is 0 Å². The van der Waals surface area contributed by atoms with Crippen LogP contribution < -0.4 is 4.74 Å². The second kappa shape index (κ2) is 7.94. The van der Waals surface area contributed by atoms with Crippen molar-refractivity contribution in [1.82, 2.24) is 4.90 Å². The number of hydrogen-bond donors (Lipinski definition) is 1. The number of nitrogens with zero attached hydrogens (tertiary/aromatic N) is 1. The molecule has 1 fully saturated rings. The lowest BCUT2D eigenvalue weighted by Gasteiger charge is -2.15. The van der Waals surface area contributed by atoms with Gasteiger partial charge < -0.3 is 14.7 Å². The van der Waals surface area contributed by atoms with Crippen LogP contribution in [0.2, 0.25) is 0 Å². The molecule has 108 valence electrons. The van der Waals surface area contributed by atoms with Crippen molar-refractivity contribution in [2.45, 2.75) is 26.2 Å². The van der Waals surface area contributed by atoms with Crippen molar-refractivity contribution in [3.05, 3.63) is 29.3 Å². The Morgan fingerprint density at radius 2 is 2.10 bits per heavy atom. The predicted molar refractivity (Wildman–Crippen MR) is 80.9 cm³/mol. The van der Waals surface area contributed by atoms with Crippen molar-refractivity contribution >= 4 is 0 Å². The SMILES string of the molecule is Cc1cc(C#CCO)ccc1OCCCN1CCCC1. The van der Waals surface area contributed by atoms with Gasteiger partial charge in [0, 0.05) is 12.1 Å². The Hall–Kier alpha value is -1.50. The lowest BCUT2D eigenvalue weighted by molar-refractivity contribution is 0.262. The first-order valence-corrected chi connectivity index (χ1v) is 7.35. The fourth-order valence-corrected chi connectivity index (χ4v) is 2.51. The van der Waals surface area contributed by atoms with Gasteiger partial charge in [0.05, 0.1) is 6.61 Å². The maximum atomic E-state index is 8.68. The largest absolute Gasteiger partial charge is 0.493 e. The zero-order valence-corrected chi connectivity index (χ0v) is 12.2. The molecule has 20 heavy (non-hydrogen) atoms. The summed E-state index contributed by atoms with van der Waals surface area (Å²) in [5.41, 5.74) is 2.01. The zero-order valence-electron chi connectivity index (χ0n) is 12.2. The van der Waals surface area contributed by atoms with E-state index in [0.29, 0.717) is 0 Å². The maximum absolute atomic E-state index is 8.68. The Labute approximate surface area is 121 Å². The van der Waals surface area contributed by atoms with Crippen LogP contribution in [0.4, 0.5) is 0 Å². The van der Waals surface area contributed by atoms with Gasteiger partial charge in [0.1, 0.15) is 12.4 Å². The van der Waals surface area contributed by atoms with E-state index in [1.807, 2.05) is 25.1 Å². The number of likely N-dealkylation sites (tertiary alicyclic amines) is 1. The third-order valence-electron chi connectivity index (χ3n) is 3.56. The highest BCUT2D eigenvalue weighted by Gasteiger charge is 2.10. The van der Waals surface area contributed by atoms with Crippen LogP contribution in [0, 0.1) is 18.8 Å². The van der Waals surface area contributed by atoms with Crippen LogP contribution >= 0.6 is 0 Å². The fourth-order valence-electron chi connectivity index (χ4n) is 2.51. The molecule has 2 rings (SSSR count). The first-order chi connectivity index (χ1) is 9.79. The Balaban J connectivity index is 1.77. The highest BCUT2D eigenvalue weighted by molar-refractivity contribution is 5.43. The summed E-state index contributed by atoms with van der Waals surface area (Å²) in [6.45, 7) is 6.32. The summed E-state index contributed by atoms with van der Waals surface area (Å²) in [7, 11) is 0. The quantitative estimate of drug-likeness (QED) is 0.659. The molecule has 0 bridgehead atoms. The molecule has 1 aromatic rings. The molecule has 3 nitrogen and oxygen atoms in total. The summed E-state index contributed by atoms with van der Waals surface area (Å²) < 4.78 is 5.83. The highest BCUT2D eigenvalue weighted by atomic mass is 16.5. The predicted octanol–water partition coefficient (Wildman–Crippen LogP) is 2.20. The van der Waals surface area contributed by atoms with Crippen LogP contribution in [-0.4, -0.2) is 42.9 Å². The van der Waals surface area contributed by atoms with Crippen LogP contribution in [0.5, 0.6) is 5.75 Å². The van der Waals surface area contributed by atoms with Crippen LogP contribution in [0.1, 0.15) is 30.4 Å². The Morgan fingerprint density at radius 3 is 2.80 bits per heavy atom. The number of benzene rings is 1. The fraction of sp³-hybridized carbons (Fsp3) is 0.529. The zero-order chi connectivity index (χ0) is 14.2. The Bertz CT molecular complexity index is 481. The van der Waals surface area contributed by atoms with Crippen molar-refractivity contribution < 1.29 is 9.84 Å². The molecule has 3 heteroatoms. The van der Waals surface area contributed by atoms with E-state index in [-0.39, 0.29) is 6.61 Å². The lowest BCUT2D eigenvalue weighted by Crippen LogP contribution is -2.21. The molecule has 0 amide bonds. The summed E-state index contributed by atoms with van der Waals surface area (Å²) in [5, 5.41) is 8.68. The molecule has 1 heterocycles. The van der Waals surface area contributed by atoms with Gasteiger partial charge in [-0.3, -0.25) is 0 Å². The van der Waals surface area contributed by atoms with Crippen molar-refractivity contribution in [3.8, 4) is 17.6 Å². The smallest absolute Gasteiger partial charge is 0.122 e. The highest BCUT2D eigenvalue weighted by Crippen LogP contribution is 2.19. The van der Waals surface area contributed by atoms with Crippen molar-refractivity contribution in [1.29, 1.82) is 0 Å². The summed E-state index contributed by atoms with van der Waals surface area (Å²) in [5.74, 6) is 6.49. The van der Waals surface area contributed by atoms with E-state index in [2.05, 4.69) is 16.7 Å². The van der Waals surface area contributed by atoms with Gasteiger partial charge in [-0.2, -0.15) is 0 Å². The molecular weight excluding hydrogens is 250 g/mol. The Morgan fingerprint density at radius 1 is 1.30 bits per heavy atom. The van der Waals surface area contributed by atoms with E-state index in [4.69, 9.17) is 9.84 Å². The monoisotopic (exact) mass is 273 g/mol. The van der Waals surface area contributed by atoms with Gasteiger partial charge in [0.15, 0.2) is 0 Å². The van der Waals surface area contributed by atoms with Crippen LogP contribution in [0.25, 0.3) is 0 Å². The number of aliphatic hydroxyl groups is 1. The second-order valence-corrected chi connectivity index (χ2v) is 5.19. The molecule has 0 unspecified atom stereocenters. The molecule has 1 aliphatic heterocycles. The van der Waals surface area contributed by atoms with Crippen LogP contribution in [-0.2, 0) is 0 Å². The summed E-state index contributed by atoms with van der Waals surface area (Å²) >= 11 is 0. The van der Waals surface area contributed by atoms with Crippen LogP contribution in [0.15, 0.2) is 18.2 Å². The number of ether oxygens (including phenoxy) is 1. The summed E-state index contributed by atoms with van der Waals surface area (Å²) in [6, 6.07) is 5.90. The van der Waals surface area contributed by atoms with E-state index in [9.17, 15) is 0 Å². The average Bonchev–Trinajstić information content (AvgIpc) is 2.96. The normalized spacial score (nSPS) is 14.9. The summed E-state index contributed by atoms with van der Waals surface area (Å²) in [4.78, 5) is 2.50. The first kappa shape index (κ1) is 14.9. The van der Waals surface area contributed by atoms with Crippen LogP contribution in [0.3, 0.4) is 0 Å². The minimum atomic E-state index is -0.103. The van der Waals surface area contributed by atoms with Gasteiger partial charge >= 0.3 is 0 Å². The third-order valence-corrected chi connectivity index (χ3v) is 3.56.